The van der Waals surface area contributed by atoms with Crippen LogP contribution in [0.3, 0.4) is 0 Å². The largest absolute Gasteiger partial charge is 0.463 e. The van der Waals surface area contributed by atoms with E-state index < -0.39 is 25.8 Å². The molecule has 0 aliphatic rings. The van der Waals surface area contributed by atoms with Gasteiger partial charge in [0, 0.05) is 26.4 Å². The Balaban J connectivity index is 0.987. The predicted molar refractivity (Wildman–Crippen MR) is 220 cm³/mol. The highest BCUT2D eigenvalue weighted by atomic mass is 31.2. The van der Waals surface area contributed by atoms with E-state index in [0.717, 1.165) is 30.4 Å². The van der Waals surface area contributed by atoms with Gasteiger partial charge in [0.05, 0.1) is 13.2 Å². The van der Waals surface area contributed by atoms with Gasteiger partial charge in [-0.05, 0) is 104 Å². The maximum atomic E-state index is 9.62. The molecule has 11 nitrogen and oxygen atoms in total. The molecule has 0 aliphatic carbocycles. The second kappa shape index (κ2) is 26.1. The molecule has 14 heteroatoms. The summed E-state index contributed by atoms with van der Waals surface area (Å²) in [5.41, 5.74) is 2.02. The van der Waals surface area contributed by atoms with E-state index in [1.165, 1.54) is 0 Å². The van der Waals surface area contributed by atoms with Crippen molar-refractivity contribution in [3.8, 4) is 28.7 Å². The van der Waals surface area contributed by atoms with Gasteiger partial charge in [-0.1, -0.05) is 84.9 Å². The Hall–Kier alpha value is -3.85. The third kappa shape index (κ3) is 17.1. The summed E-state index contributed by atoms with van der Waals surface area (Å²) in [5, 5.41) is 0. The lowest BCUT2D eigenvalue weighted by atomic mass is 9.98. The summed E-state index contributed by atoms with van der Waals surface area (Å²) in [7, 11) is -5.84. The van der Waals surface area contributed by atoms with Gasteiger partial charge in [0.15, 0.2) is 0 Å². The topological polar surface area (TPSA) is 124 Å². The molecule has 0 aliphatic heterocycles. The van der Waals surface area contributed by atoms with Gasteiger partial charge in [0.2, 0.25) is 0 Å². The molecule has 5 aromatic rings. The smallest absolute Gasteiger partial charge is 0.427 e. The monoisotopic (exact) mass is 822 g/mol. The molecule has 5 aromatic carbocycles. The first-order valence-electron chi connectivity index (χ1n) is 18.5. The molecule has 0 unspecified atom stereocenters. The van der Waals surface area contributed by atoms with Crippen LogP contribution in [0.2, 0.25) is 0 Å². The van der Waals surface area contributed by atoms with Crippen molar-refractivity contribution in [2.24, 2.45) is 0 Å². The van der Waals surface area contributed by atoms with Gasteiger partial charge in [-0.3, -0.25) is 9.05 Å². The molecule has 0 spiro atoms. The van der Waals surface area contributed by atoms with E-state index in [0.29, 0.717) is 87.7 Å². The third-order valence-electron chi connectivity index (χ3n) is 7.81. The van der Waals surface area contributed by atoms with Crippen LogP contribution in [0, 0.1) is 0 Å². The number of para-hydroxylation sites is 4. The number of aryl methyl sites for hydroxylation is 1. The molecule has 0 heterocycles. The highest BCUT2D eigenvalue weighted by Crippen LogP contribution is 2.42. The fourth-order valence-corrected chi connectivity index (χ4v) is 7.60. The van der Waals surface area contributed by atoms with Crippen molar-refractivity contribution in [3.63, 3.8) is 0 Å². The summed E-state index contributed by atoms with van der Waals surface area (Å²) in [6.45, 7) is 2.95. The van der Waals surface area contributed by atoms with Crippen molar-refractivity contribution in [1.82, 2.24) is 0 Å². The zero-order valence-corrected chi connectivity index (χ0v) is 33.9. The van der Waals surface area contributed by atoms with Crippen molar-refractivity contribution in [2.75, 3.05) is 39.6 Å². The molecule has 2 N–H and O–H groups in total. The normalized spacial score (nSPS) is 11.2. The van der Waals surface area contributed by atoms with E-state index in [-0.39, 0.29) is 0 Å². The van der Waals surface area contributed by atoms with E-state index in [2.05, 4.69) is 0 Å². The second-order valence-corrected chi connectivity index (χ2v) is 14.9. The summed E-state index contributed by atoms with van der Waals surface area (Å²) >= 11 is 0. The van der Waals surface area contributed by atoms with Crippen LogP contribution in [0.5, 0.6) is 28.7 Å². The Morgan fingerprint density at radius 1 is 0.375 bits per heavy atom. The number of rotatable bonds is 28. The van der Waals surface area contributed by atoms with Gasteiger partial charge >= 0.3 is 25.8 Å². The first-order valence-corrected chi connectivity index (χ1v) is 21.9. The van der Waals surface area contributed by atoms with Crippen molar-refractivity contribution in [3.05, 3.63) is 151 Å². The Kier molecular flexibility index (Phi) is 20.2. The number of hydrogen-bond acceptors (Lipinski definition) is 11. The summed E-state index contributed by atoms with van der Waals surface area (Å²) in [4.78, 5) is 19.2. The van der Waals surface area contributed by atoms with Crippen molar-refractivity contribution < 1.29 is 50.9 Å². The van der Waals surface area contributed by atoms with Crippen LogP contribution in [0.1, 0.15) is 36.8 Å². The van der Waals surface area contributed by atoms with Crippen LogP contribution in [-0.4, -0.2) is 49.4 Å². The Morgan fingerprint density at radius 2 is 0.768 bits per heavy atom. The minimum absolute atomic E-state index is 0.407. The molecule has 0 saturated carbocycles. The fourth-order valence-electron chi connectivity index (χ4n) is 5.23. The summed E-state index contributed by atoms with van der Waals surface area (Å²) < 4.78 is 53.1. The molecule has 0 aromatic heterocycles. The Bertz CT molecular complexity index is 1660. The summed E-state index contributed by atoms with van der Waals surface area (Å²) in [6, 6.07) is 43.5. The molecule has 56 heavy (non-hydrogen) atoms. The quantitative estimate of drug-likeness (QED) is 0.0370. The first kappa shape index (κ1) is 43.3. The second-order valence-electron chi connectivity index (χ2n) is 12.1. The fraction of sp³-hybridized carbons (Fsp3) is 0.286. The third-order valence-corrected chi connectivity index (χ3v) is 10.4. The average Bonchev–Trinajstić information content (AvgIpc) is 3.21. The van der Waals surface area contributed by atoms with E-state index in [1.54, 1.807) is 6.07 Å². The lowest BCUT2D eigenvalue weighted by Gasteiger charge is -2.18. The van der Waals surface area contributed by atoms with Gasteiger partial charge in [-0.15, -0.1) is 0 Å². The molecule has 0 amide bonds. The standard InChI is InChI=1S/C42H49O11P3/c43-54(44)53-42-29-13-18-36(19-14-30-45-32-16-34-47-55(49-37-20-5-1-6-21-37)50-38-22-7-2-8-23-38)41(42)28-15-31-46-33-17-35-48-56(51-39-24-9-3-10-25-39)52-40-26-11-4-12-27-40/h1-13,18,20-27,29,43-44H,14-17,19,28,30-35H2. The SMILES string of the molecule is OP(O)Oc1cccc(CCCOCCCOP(Oc2ccccc2)Oc2ccccc2)c1CCCOCCCOP(Oc1ccccc1)Oc1ccccc1. The van der Waals surface area contributed by atoms with Gasteiger partial charge in [-0.25, -0.2) is 0 Å². The van der Waals surface area contributed by atoms with Crippen molar-refractivity contribution >= 4 is 25.8 Å². The summed E-state index contributed by atoms with van der Waals surface area (Å²) in [6.07, 6.45) is 4.25. The molecule has 298 valence electrons. The van der Waals surface area contributed by atoms with Crippen LogP contribution >= 0.6 is 25.8 Å². The maximum Gasteiger partial charge on any atom is 0.463 e. The van der Waals surface area contributed by atoms with Crippen molar-refractivity contribution in [1.29, 1.82) is 0 Å². The lowest BCUT2D eigenvalue weighted by Crippen LogP contribution is -2.07. The molecule has 0 bridgehead atoms. The van der Waals surface area contributed by atoms with Crippen LogP contribution in [0.15, 0.2) is 140 Å². The Morgan fingerprint density at radius 3 is 1.18 bits per heavy atom. The van der Waals surface area contributed by atoms with Gasteiger partial charge < -0.3 is 41.9 Å². The van der Waals surface area contributed by atoms with Crippen molar-refractivity contribution in [2.45, 2.75) is 38.5 Å². The molecule has 0 fully saturated rings. The van der Waals surface area contributed by atoms with Crippen LogP contribution < -0.4 is 22.6 Å². The zero-order valence-electron chi connectivity index (χ0n) is 31.2. The molecule has 0 saturated heterocycles. The van der Waals surface area contributed by atoms with Crippen LogP contribution in [0.25, 0.3) is 0 Å². The van der Waals surface area contributed by atoms with E-state index in [4.69, 9.17) is 41.1 Å². The molecule has 0 radical (unpaired) electrons. The average molecular weight is 823 g/mol. The van der Waals surface area contributed by atoms with E-state index >= 15 is 0 Å². The van der Waals surface area contributed by atoms with Crippen LogP contribution in [-0.2, 0) is 31.4 Å². The molecular weight excluding hydrogens is 773 g/mol. The molecule has 5 rings (SSSR count). The predicted octanol–water partition coefficient (Wildman–Crippen LogP) is 10.8. The first-order chi connectivity index (χ1) is 27.6. The van der Waals surface area contributed by atoms with Gasteiger partial charge in [0.25, 0.3) is 0 Å². The number of ether oxygens (including phenoxy) is 2. The minimum atomic E-state index is -2.55. The van der Waals surface area contributed by atoms with E-state index in [1.807, 2.05) is 133 Å². The Labute approximate surface area is 333 Å². The van der Waals surface area contributed by atoms with Gasteiger partial charge in [0.1, 0.15) is 28.7 Å². The maximum absolute atomic E-state index is 9.62. The molecular formula is C42H49O11P3. The zero-order chi connectivity index (χ0) is 38.9. The molecule has 0 atom stereocenters. The van der Waals surface area contributed by atoms with Crippen LogP contribution in [0.4, 0.5) is 0 Å². The highest BCUT2D eigenvalue weighted by Gasteiger charge is 2.19. The number of benzene rings is 5. The lowest BCUT2D eigenvalue weighted by molar-refractivity contribution is 0.115. The minimum Gasteiger partial charge on any atom is -0.427 e. The van der Waals surface area contributed by atoms with Gasteiger partial charge in [-0.2, -0.15) is 0 Å². The highest BCUT2D eigenvalue weighted by molar-refractivity contribution is 7.42. The summed E-state index contributed by atoms with van der Waals surface area (Å²) in [5.74, 6) is 3.18. The van der Waals surface area contributed by atoms with E-state index in [9.17, 15) is 9.79 Å². The number of hydrogen-bond donors (Lipinski definition) is 2.